The normalized spacial score (nSPS) is 10.5. The van der Waals surface area contributed by atoms with E-state index in [9.17, 15) is 18.4 Å². The van der Waals surface area contributed by atoms with Gasteiger partial charge in [-0.1, -0.05) is 0 Å². The summed E-state index contributed by atoms with van der Waals surface area (Å²) in [5.41, 5.74) is -3.10. The third-order valence-corrected chi connectivity index (χ3v) is 1.54. The summed E-state index contributed by atoms with van der Waals surface area (Å²) in [6.45, 7) is 0. The molecule has 0 aliphatic heterocycles. The number of rotatable bonds is 2. The van der Waals surface area contributed by atoms with Gasteiger partial charge < -0.3 is 15.2 Å². The molecular weight excluding hydrogens is 200 g/mol. The Bertz CT molecular complexity index is 426. The number of alkyl halides is 2. The lowest BCUT2D eigenvalue weighted by Gasteiger charge is -2.02. The van der Waals surface area contributed by atoms with Gasteiger partial charge in [-0.2, -0.15) is 0 Å². The SMILES string of the molecule is O=C(O)c1c[nH]c(C(F)F)c(O)c1=O. The minimum atomic E-state index is -3.06. The molecule has 0 saturated carbocycles. The van der Waals surface area contributed by atoms with Gasteiger partial charge in [0.15, 0.2) is 5.75 Å². The molecule has 0 aliphatic carbocycles. The third-order valence-electron chi connectivity index (χ3n) is 1.54. The molecule has 1 heterocycles. The molecule has 7 heteroatoms. The molecule has 5 nitrogen and oxygen atoms in total. The van der Waals surface area contributed by atoms with Crippen LogP contribution in [0.2, 0.25) is 0 Å². The van der Waals surface area contributed by atoms with Crippen molar-refractivity contribution >= 4 is 5.97 Å². The van der Waals surface area contributed by atoms with Crippen molar-refractivity contribution in [2.75, 3.05) is 0 Å². The smallest absolute Gasteiger partial charge is 0.341 e. The van der Waals surface area contributed by atoms with Crippen molar-refractivity contribution < 1.29 is 23.8 Å². The minimum Gasteiger partial charge on any atom is -0.503 e. The highest BCUT2D eigenvalue weighted by molar-refractivity contribution is 5.87. The molecule has 76 valence electrons. The summed E-state index contributed by atoms with van der Waals surface area (Å²) in [5.74, 6) is -2.86. The average Bonchev–Trinajstić information content (AvgIpc) is 2.08. The molecular formula is C7H5F2NO4. The first-order chi connectivity index (χ1) is 6.45. The van der Waals surface area contributed by atoms with Crippen molar-refractivity contribution in [1.82, 2.24) is 4.98 Å². The van der Waals surface area contributed by atoms with Gasteiger partial charge in [0.1, 0.15) is 11.3 Å². The van der Waals surface area contributed by atoms with Gasteiger partial charge >= 0.3 is 5.97 Å². The number of carboxylic acids is 1. The molecule has 0 saturated heterocycles. The van der Waals surface area contributed by atoms with E-state index in [0.29, 0.717) is 6.20 Å². The highest BCUT2D eigenvalue weighted by atomic mass is 19.3. The zero-order valence-electron chi connectivity index (χ0n) is 6.62. The number of pyridine rings is 1. The van der Waals surface area contributed by atoms with Crippen LogP contribution in [0.4, 0.5) is 8.78 Å². The highest BCUT2D eigenvalue weighted by Gasteiger charge is 2.20. The van der Waals surface area contributed by atoms with Crippen LogP contribution >= 0.6 is 0 Å². The number of H-pyrrole nitrogens is 1. The fourth-order valence-electron chi connectivity index (χ4n) is 0.859. The monoisotopic (exact) mass is 205 g/mol. The number of aromatic nitrogens is 1. The number of aromatic carboxylic acids is 1. The predicted octanol–water partition coefficient (Wildman–Crippen LogP) is 0.716. The third kappa shape index (κ3) is 1.56. The van der Waals surface area contributed by atoms with Crippen molar-refractivity contribution in [3.63, 3.8) is 0 Å². The lowest BCUT2D eigenvalue weighted by molar-refractivity contribution is 0.0693. The Morgan fingerprint density at radius 1 is 1.50 bits per heavy atom. The summed E-state index contributed by atoms with van der Waals surface area (Å²) >= 11 is 0. The van der Waals surface area contributed by atoms with Crippen LogP contribution in [0, 0.1) is 0 Å². The number of carbonyl (C=O) groups is 1. The van der Waals surface area contributed by atoms with Gasteiger partial charge in [-0.3, -0.25) is 4.79 Å². The highest BCUT2D eigenvalue weighted by Crippen LogP contribution is 2.22. The standard InChI is InChI=1S/C7H5F2NO4/c8-6(9)3-5(12)4(11)2(1-10-3)7(13)14/h1,6,12H,(H,10,11)(H,13,14). The molecule has 0 spiro atoms. The Hall–Kier alpha value is -1.92. The second-order valence-electron chi connectivity index (χ2n) is 2.40. The van der Waals surface area contributed by atoms with Crippen molar-refractivity contribution in [2.45, 2.75) is 6.43 Å². The Labute approximate surface area is 75.6 Å². The van der Waals surface area contributed by atoms with Crippen LogP contribution in [0.25, 0.3) is 0 Å². The Morgan fingerprint density at radius 3 is 2.50 bits per heavy atom. The molecule has 3 N–H and O–H groups in total. The van der Waals surface area contributed by atoms with Crippen LogP contribution in [0.3, 0.4) is 0 Å². The van der Waals surface area contributed by atoms with Crippen molar-refractivity contribution in [3.8, 4) is 5.75 Å². The van der Waals surface area contributed by atoms with Crippen LogP contribution in [0.5, 0.6) is 5.75 Å². The molecule has 1 rings (SSSR count). The van der Waals surface area contributed by atoms with Crippen molar-refractivity contribution in [1.29, 1.82) is 0 Å². The number of nitrogens with one attached hydrogen (secondary N) is 1. The number of halogens is 2. The van der Waals surface area contributed by atoms with Gasteiger partial charge in [-0.25, -0.2) is 13.6 Å². The van der Waals surface area contributed by atoms with E-state index in [4.69, 9.17) is 10.2 Å². The Balaban J connectivity index is 3.42. The predicted molar refractivity (Wildman–Crippen MR) is 40.6 cm³/mol. The molecule has 14 heavy (non-hydrogen) atoms. The summed E-state index contributed by atoms with van der Waals surface area (Å²) in [7, 11) is 0. The van der Waals surface area contributed by atoms with E-state index < -0.39 is 34.8 Å². The Morgan fingerprint density at radius 2 is 2.07 bits per heavy atom. The molecule has 0 bridgehead atoms. The van der Waals surface area contributed by atoms with Crippen LogP contribution < -0.4 is 5.43 Å². The second kappa shape index (κ2) is 3.44. The minimum absolute atomic E-state index is 0.617. The first-order valence-corrected chi connectivity index (χ1v) is 3.41. The maximum atomic E-state index is 12.1. The second-order valence-corrected chi connectivity index (χ2v) is 2.40. The molecule has 0 aliphatic rings. The van der Waals surface area contributed by atoms with Crippen LogP contribution in [-0.2, 0) is 0 Å². The molecule has 0 amide bonds. The number of hydrogen-bond donors (Lipinski definition) is 3. The van der Waals surface area contributed by atoms with Crippen LogP contribution in [0.1, 0.15) is 22.5 Å². The van der Waals surface area contributed by atoms with Crippen molar-refractivity contribution in [2.24, 2.45) is 0 Å². The van der Waals surface area contributed by atoms with E-state index in [1.807, 2.05) is 4.98 Å². The van der Waals surface area contributed by atoms with E-state index in [-0.39, 0.29) is 0 Å². The van der Waals surface area contributed by atoms with E-state index in [1.165, 1.54) is 0 Å². The van der Waals surface area contributed by atoms with E-state index in [1.54, 1.807) is 0 Å². The van der Waals surface area contributed by atoms with E-state index in [0.717, 1.165) is 0 Å². The quantitative estimate of drug-likeness (QED) is 0.663. The molecule has 1 aromatic rings. The number of aromatic amines is 1. The van der Waals surface area contributed by atoms with Gasteiger partial charge in [0.05, 0.1) is 0 Å². The van der Waals surface area contributed by atoms with Gasteiger partial charge in [0.2, 0.25) is 5.43 Å². The largest absolute Gasteiger partial charge is 0.503 e. The molecule has 0 fully saturated rings. The summed E-state index contributed by atoms with van der Waals surface area (Å²) in [4.78, 5) is 23.1. The topological polar surface area (TPSA) is 90.4 Å². The van der Waals surface area contributed by atoms with Gasteiger partial charge in [-0.15, -0.1) is 0 Å². The molecule has 1 aromatic heterocycles. The van der Waals surface area contributed by atoms with Gasteiger partial charge in [0, 0.05) is 6.20 Å². The van der Waals surface area contributed by atoms with Gasteiger partial charge in [0.25, 0.3) is 6.43 Å². The first-order valence-electron chi connectivity index (χ1n) is 3.41. The fraction of sp³-hybridized carbons (Fsp3) is 0.143. The molecule has 0 aromatic carbocycles. The maximum absolute atomic E-state index is 12.1. The summed E-state index contributed by atoms with van der Waals surface area (Å²) in [5, 5.41) is 17.3. The van der Waals surface area contributed by atoms with Crippen molar-refractivity contribution in [3.05, 3.63) is 27.7 Å². The number of aromatic hydroxyl groups is 1. The lowest BCUT2D eigenvalue weighted by atomic mass is 10.2. The fourth-order valence-corrected chi connectivity index (χ4v) is 0.859. The summed E-state index contributed by atoms with van der Waals surface area (Å²) in [6.07, 6.45) is -2.45. The summed E-state index contributed by atoms with van der Waals surface area (Å²) < 4.78 is 24.1. The number of hydrogen-bond acceptors (Lipinski definition) is 3. The Kier molecular flexibility index (Phi) is 2.50. The van der Waals surface area contributed by atoms with E-state index in [2.05, 4.69) is 0 Å². The lowest BCUT2D eigenvalue weighted by Crippen LogP contribution is -2.16. The van der Waals surface area contributed by atoms with Crippen LogP contribution in [0.15, 0.2) is 11.0 Å². The maximum Gasteiger partial charge on any atom is 0.341 e. The number of carboxylic acid groups (broad SMARTS) is 1. The van der Waals surface area contributed by atoms with Gasteiger partial charge in [-0.05, 0) is 0 Å². The molecule has 0 atom stereocenters. The zero-order chi connectivity index (χ0) is 10.9. The first kappa shape index (κ1) is 10.2. The molecule has 0 unspecified atom stereocenters. The molecule has 0 radical (unpaired) electrons. The summed E-state index contributed by atoms with van der Waals surface area (Å²) in [6, 6.07) is 0. The average molecular weight is 205 g/mol. The zero-order valence-corrected chi connectivity index (χ0v) is 6.62. The van der Waals surface area contributed by atoms with Crippen LogP contribution in [-0.4, -0.2) is 21.2 Å². The van der Waals surface area contributed by atoms with E-state index >= 15 is 0 Å².